The second-order valence-electron chi connectivity index (χ2n) is 7.09. The first-order valence-electron chi connectivity index (χ1n) is 9.34. The molecule has 0 aliphatic carbocycles. The number of nitrogens with one attached hydrogen (secondary N) is 4. The molecular formula is C21H17Cl2N5O3. The number of carbonyl (C=O) groups is 2. The van der Waals surface area contributed by atoms with Crippen LogP contribution >= 0.6 is 23.2 Å². The van der Waals surface area contributed by atoms with Crippen molar-refractivity contribution in [1.82, 2.24) is 9.97 Å². The van der Waals surface area contributed by atoms with E-state index in [2.05, 4.69) is 25.9 Å². The highest BCUT2D eigenvalue weighted by molar-refractivity contribution is 6.33. The molecule has 0 fully saturated rings. The second-order valence-corrected chi connectivity index (χ2v) is 7.93. The molecule has 1 aliphatic rings. The molecule has 0 saturated heterocycles. The average molecular weight is 458 g/mol. The van der Waals surface area contributed by atoms with E-state index in [-0.39, 0.29) is 23.8 Å². The van der Waals surface area contributed by atoms with Gasteiger partial charge >= 0.3 is 0 Å². The first kappa shape index (κ1) is 20.9. The van der Waals surface area contributed by atoms with Gasteiger partial charge < -0.3 is 16.0 Å². The summed E-state index contributed by atoms with van der Waals surface area (Å²) in [4.78, 5) is 44.8. The van der Waals surface area contributed by atoms with E-state index >= 15 is 0 Å². The number of fused-ring (bicyclic) bond motifs is 1. The van der Waals surface area contributed by atoms with Crippen molar-refractivity contribution in [3.63, 3.8) is 0 Å². The molecule has 2 aromatic carbocycles. The molecule has 1 unspecified atom stereocenters. The van der Waals surface area contributed by atoms with Crippen LogP contribution in [-0.2, 0) is 9.59 Å². The fraction of sp³-hybridized carbons (Fsp3) is 0.143. The maximum atomic E-state index is 12.9. The Labute approximate surface area is 187 Å². The molecule has 4 N–H and O–H groups in total. The van der Waals surface area contributed by atoms with Crippen molar-refractivity contribution in [3.05, 3.63) is 74.0 Å². The highest BCUT2D eigenvalue weighted by Crippen LogP contribution is 2.31. The SMILES string of the molecule is Cc1ccc(NC(=O)C2CC(=O)Nc3nc(Nc4ccc(Cl)cc4)[nH]c(=O)c32)c(Cl)c1. The third-order valence-electron chi connectivity index (χ3n) is 4.76. The van der Waals surface area contributed by atoms with Crippen molar-refractivity contribution < 1.29 is 9.59 Å². The maximum absolute atomic E-state index is 12.9. The number of aromatic amines is 1. The molecule has 8 nitrogen and oxygen atoms in total. The molecular weight excluding hydrogens is 441 g/mol. The lowest BCUT2D eigenvalue weighted by atomic mass is 9.92. The quantitative estimate of drug-likeness (QED) is 0.468. The largest absolute Gasteiger partial charge is 0.326 e. The number of rotatable bonds is 4. The fourth-order valence-corrected chi connectivity index (χ4v) is 3.67. The van der Waals surface area contributed by atoms with Crippen LogP contribution in [0.3, 0.4) is 0 Å². The Morgan fingerprint density at radius 2 is 1.87 bits per heavy atom. The number of aryl methyl sites for hydroxylation is 1. The van der Waals surface area contributed by atoms with Crippen LogP contribution in [0.1, 0.15) is 23.5 Å². The van der Waals surface area contributed by atoms with Crippen molar-refractivity contribution in [2.24, 2.45) is 0 Å². The van der Waals surface area contributed by atoms with E-state index in [0.29, 0.717) is 21.4 Å². The van der Waals surface area contributed by atoms with Gasteiger partial charge in [-0.15, -0.1) is 0 Å². The number of halogens is 2. The zero-order valence-corrected chi connectivity index (χ0v) is 17.8. The Kier molecular flexibility index (Phi) is 5.67. The van der Waals surface area contributed by atoms with Crippen LogP contribution < -0.4 is 21.5 Å². The van der Waals surface area contributed by atoms with Crippen LogP contribution in [0, 0.1) is 6.92 Å². The molecule has 3 aromatic rings. The summed E-state index contributed by atoms with van der Waals surface area (Å²) in [5.74, 6) is -1.80. The van der Waals surface area contributed by atoms with E-state index < -0.39 is 23.3 Å². The second kappa shape index (κ2) is 8.41. The fourth-order valence-electron chi connectivity index (χ4n) is 3.27. The minimum absolute atomic E-state index is 0.0339. The van der Waals surface area contributed by atoms with E-state index in [1.165, 1.54) is 0 Å². The van der Waals surface area contributed by atoms with E-state index in [0.717, 1.165) is 5.56 Å². The Balaban J connectivity index is 1.64. The normalized spacial score (nSPS) is 15.1. The molecule has 0 radical (unpaired) electrons. The van der Waals surface area contributed by atoms with Crippen molar-refractivity contribution in [2.75, 3.05) is 16.0 Å². The maximum Gasteiger partial charge on any atom is 0.258 e. The monoisotopic (exact) mass is 457 g/mol. The number of hydrogen-bond donors (Lipinski definition) is 4. The third kappa shape index (κ3) is 4.55. The Bertz CT molecular complexity index is 1240. The molecule has 31 heavy (non-hydrogen) atoms. The molecule has 0 spiro atoms. The van der Waals surface area contributed by atoms with Crippen LogP contribution in [0.4, 0.5) is 23.1 Å². The number of benzene rings is 2. The summed E-state index contributed by atoms with van der Waals surface area (Å²) in [6.07, 6.45) is -0.183. The molecule has 0 saturated carbocycles. The number of anilines is 4. The molecule has 10 heteroatoms. The van der Waals surface area contributed by atoms with Crippen LogP contribution in [-0.4, -0.2) is 21.8 Å². The van der Waals surface area contributed by atoms with Crippen molar-refractivity contribution in [2.45, 2.75) is 19.3 Å². The van der Waals surface area contributed by atoms with E-state index in [1.807, 2.05) is 6.92 Å². The molecule has 4 rings (SSSR count). The summed E-state index contributed by atoms with van der Waals surface area (Å²) >= 11 is 12.1. The highest BCUT2D eigenvalue weighted by Gasteiger charge is 2.35. The van der Waals surface area contributed by atoms with Gasteiger partial charge in [-0.2, -0.15) is 4.98 Å². The van der Waals surface area contributed by atoms with Gasteiger partial charge in [-0.05, 0) is 48.9 Å². The van der Waals surface area contributed by atoms with Gasteiger partial charge in [-0.1, -0.05) is 29.3 Å². The van der Waals surface area contributed by atoms with Crippen molar-refractivity contribution in [3.8, 4) is 0 Å². The number of aromatic nitrogens is 2. The standard InChI is InChI=1S/C21H17Cl2N5O3/c1-10-2-7-15(14(23)8-10)25-19(30)13-9-16(29)26-18-17(13)20(31)28-21(27-18)24-12-5-3-11(22)4-6-12/h2-8,13H,9H2,1H3,(H,25,30)(H3,24,26,27,28,29,31). The Hall–Kier alpha value is -3.36. The van der Waals surface area contributed by atoms with Gasteiger partial charge in [0.15, 0.2) is 0 Å². The summed E-state index contributed by atoms with van der Waals surface area (Å²) < 4.78 is 0. The van der Waals surface area contributed by atoms with E-state index in [9.17, 15) is 14.4 Å². The van der Waals surface area contributed by atoms with Gasteiger partial charge in [-0.25, -0.2) is 0 Å². The molecule has 2 amide bonds. The highest BCUT2D eigenvalue weighted by atomic mass is 35.5. The predicted octanol–water partition coefficient (Wildman–Crippen LogP) is 4.19. The Morgan fingerprint density at radius 1 is 1.13 bits per heavy atom. The average Bonchev–Trinajstić information content (AvgIpc) is 2.71. The van der Waals surface area contributed by atoms with Gasteiger partial charge in [0, 0.05) is 17.1 Å². The predicted molar refractivity (Wildman–Crippen MR) is 120 cm³/mol. The van der Waals surface area contributed by atoms with Crippen LogP contribution in [0.15, 0.2) is 47.3 Å². The van der Waals surface area contributed by atoms with E-state index in [4.69, 9.17) is 23.2 Å². The van der Waals surface area contributed by atoms with Gasteiger partial charge in [0.05, 0.1) is 22.2 Å². The molecule has 0 bridgehead atoms. The van der Waals surface area contributed by atoms with Gasteiger partial charge in [0.25, 0.3) is 5.56 Å². The number of carbonyl (C=O) groups excluding carboxylic acids is 2. The summed E-state index contributed by atoms with van der Waals surface area (Å²) in [6.45, 7) is 1.88. The minimum atomic E-state index is -1.01. The lowest BCUT2D eigenvalue weighted by Gasteiger charge is -2.24. The van der Waals surface area contributed by atoms with Crippen LogP contribution in [0.2, 0.25) is 10.0 Å². The molecule has 1 aromatic heterocycles. The number of hydrogen-bond acceptors (Lipinski definition) is 5. The van der Waals surface area contributed by atoms with Crippen molar-refractivity contribution >= 4 is 58.2 Å². The minimum Gasteiger partial charge on any atom is -0.326 e. The molecule has 1 atom stereocenters. The summed E-state index contributed by atoms with van der Waals surface area (Å²) in [5, 5.41) is 9.13. The molecule has 1 aliphatic heterocycles. The smallest absolute Gasteiger partial charge is 0.258 e. The number of H-pyrrole nitrogens is 1. The zero-order chi connectivity index (χ0) is 22.1. The van der Waals surface area contributed by atoms with Gasteiger partial charge in [0.2, 0.25) is 17.8 Å². The third-order valence-corrected chi connectivity index (χ3v) is 5.32. The molecule has 2 heterocycles. The first-order valence-corrected chi connectivity index (χ1v) is 10.1. The number of nitrogens with zero attached hydrogens (tertiary/aromatic N) is 1. The lowest BCUT2D eigenvalue weighted by molar-refractivity contribution is -0.123. The van der Waals surface area contributed by atoms with E-state index in [1.54, 1.807) is 42.5 Å². The molecule has 158 valence electrons. The summed E-state index contributed by atoms with van der Waals surface area (Å²) in [6, 6.07) is 12.0. The summed E-state index contributed by atoms with van der Waals surface area (Å²) in [5.41, 5.74) is 1.53. The van der Waals surface area contributed by atoms with Gasteiger partial charge in [0.1, 0.15) is 5.82 Å². The van der Waals surface area contributed by atoms with Crippen molar-refractivity contribution in [1.29, 1.82) is 0 Å². The summed E-state index contributed by atoms with van der Waals surface area (Å²) in [7, 11) is 0. The van der Waals surface area contributed by atoms with Crippen LogP contribution in [0.5, 0.6) is 0 Å². The lowest BCUT2D eigenvalue weighted by Crippen LogP contribution is -2.36. The topological polar surface area (TPSA) is 116 Å². The zero-order valence-electron chi connectivity index (χ0n) is 16.3. The Morgan fingerprint density at radius 3 is 2.58 bits per heavy atom. The first-order chi connectivity index (χ1) is 14.8. The number of amides is 2. The van der Waals surface area contributed by atoms with Crippen LogP contribution in [0.25, 0.3) is 0 Å². The van der Waals surface area contributed by atoms with Gasteiger partial charge in [-0.3, -0.25) is 19.4 Å².